The van der Waals surface area contributed by atoms with Gasteiger partial charge in [-0.15, -0.1) is 0 Å². The standard InChI is InChI=1S/C9H9F2N3O4/c1-18-7(15)4-13-9-6(14(16)17)2-5(3-12-9)8(10)11/h2-3,8H,4H2,1H3,(H,12,13). The van der Waals surface area contributed by atoms with Gasteiger partial charge in [-0.2, -0.15) is 0 Å². The second-order valence-corrected chi connectivity index (χ2v) is 3.12. The minimum Gasteiger partial charge on any atom is -0.468 e. The van der Waals surface area contributed by atoms with Crippen molar-refractivity contribution < 1.29 is 23.2 Å². The van der Waals surface area contributed by atoms with Gasteiger partial charge in [0.2, 0.25) is 5.82 Å². The first-order chi connectivity index (χ1) is 8.45. The van der Waals surface area contributed by atoms with E-state index in [1.54, 1.807) is 0 Å². The van der Waals surface area contributed by atoms with Crippen LogP contribution in [0.5, 0.6) is 0 Å². The summed E-state index contributed by atoms with van der Waals surface area (Å²) in [5.41, 5.74) is -1.19. The molecule has 0 fully saturated rings. The normalized spacial score (nSPS) is 10.2. The number of aromatic nitrogens is 1. The Labute approximate surface area is 99.9 Å². The number of halogens is 2. The van der Waals surface area contributed by atoms with E-state index in [1.807, 2.05) is 0 Å². The second-order valence-electron chi connectivity index (χ2n) is 3.12. The Morgan fingerprint density at radius 2 is 2.33 bits per heavy atom. The summed E-state index contributed by atoms with van der Waals surface area (Å²) < 4.78 is 29.0. The molecule has 0 unspecified atom stereocenters. The Bertz CT molecular complexity index is 467. The van der Waals surface area contributed by atoms with Crippen molar-refractivity contribution in [3.8, 4) is 0 Å². The number of anilines is 1. The molecule has 0 aliphatic heterocycles. The number of methoxy groups -OCH3 is 1. The Morgan fingerprint density at radius 3 is 2.83 bits per heavy atom. The molecule has 1 N–H and O–H groups in total. The molecule has 0 aliphatic carbocycles. The van der Waals surface area contributed by atoms with Crippen LogP contribution in [0.2, 0.25) is 0 Å². The molecule has 0 atom stereocenters. The van der Waals surface area contributed by atoms with Gasteiger partial charge in [-0.3, -0.25) is 14.9 Å². The molecule has 7 nitrogen and oxygen atoms in total. The van der Waals surface area contributed by atoms with E-state index < -0.39 is 28.6 Å². The van der Waals surface area contributed by atoms with Crippen molar-refractivity contribution >= 4 is 17.5 Å². The lowest BCUT2D eigenvalue weighted by Crippen LogP contribution is -2.16. The molecule has 9 heteroatoms. The van der Waals surface area contributed by atoms with E-state index in [4.69, 9.17) is 0 Å². The lowest BCUT2D eigenvalue weighted by atomic mass is 10.2. The molecule has 0 saturated carbocycles. The zero-order valence-corrected chi connectivity index (χ0v) is 9.22. The van der Waals surface area contributed by atoms with Crippen LogP contribution in [0.3, 0.4) is 0 Å². The highest BCUT2D eigenvalue weighted by molar-refractivity contribution is 5.75. The second kappa shape index (κ2) is 5.84. The molecule has 1 aromatic heterocycles. The maximum Gasteiger partial charge on any atom is 0.325 e. The van der Waals surface area contributed by atoms with Crippen molar-refractivity contribution in [1.29, 1.82) is 0 Å². The first-order valence-corrected chi connectivity index (χ1v) is 4.69. The summed E-state index contributed by atoms with van der Waals surface area (Å²) >= 11 is 0. The molecule has 0 saturated heterocycles. The third-order valence-corrected chi connectivity index (χ3v) is 1.97. The van der Waals surface area contributed by atoms with E-state index in [0.29, 0.717) is 6.07 Å². The Morgan fingerprint density at radius 1 is 1.67 bits per heavy atom. The van der Waals surface area contributed by atoms with Crippen molar-refractivity contribution in [3.63, 3.8) is 0 Å². The van der Waals surface area contributed by atoms with Gasteiger partial charge >= 0.3 is 11.7 Å². The Balaban J connectivity index is 2.97. The number of ether oxygens (including phenoxy) is 1. The van der Waals surface area contributed by atoms with Crippen molar-refractivity contribution in [2.75, 3.05) is 19.0 Å². The molecule has 1 aromatic rings. The zero-order chi connectivity index (χ0) is 13.7. The summed E-state index contributed by atoms with van der Waals surface area (Å²) in [6, 6.07) is 0.706. The van der Waals surface area contributed by atoms with Crippen LogP contribution >= 0.6 is 0 Å². The first-order valence-electron chi connectivity index (χ1n) is 4.69. The SMILES string of the molecule is COC(=O)CNc1ncc(C(F)F)cc1[N+](=O)[O-]. The average Bonchev–Trinajstić information content (AvgIpc) is 2.35. The van der Waals surface area contributed by atoms with E-state index >= 15 is 0 Å². The molecule has 0 bridgehead atoms. The number of rotatable bonds is 5. The average molecular weight is 261 g/mol. The highest BCUT2D eigenvalue weighted by atomic mass is 19.3. The lowest BCUT2D eigenvalue weighted by Gasteiger charge is -2.06. The first kappa shape index (κ1) is 13.7. The fourth-order valence-corrected chi connectivity index (χ4v) is 1.09. The van der Waals surface area contributed by atoms with E-state index in [9.17, 15) is 23.7 Å². The number of nitro groups is 1. The van der Waals surface area contributed by atoms with Crippen molar-refractivity contribution in [3.05, 3.63) is 27.9 Å². The minimum atomic E-state index is -2.86. The maximum absolute atomic E-state index is 12.4. The number of nitrogens with one attached hydrogen (secondary N) is 1. The molecule has 98 valence electrons. The smallest absolute Gasteiger partial charge is 0.325 e. The van der Waals surface area contributed by atoms with Gasteiger partial charge in [-0.05, 0) is 0 Å². The molecule has 0 aromatic carbocycles. The molecule has 0 amide bonds. The van der Waals surface area contributed by atoms with Crippen LogP contribution in [0.4, 0.5) is 20.3 Å². The van der Waals surface area contributed by atoms with Gasteiger partial charge in [0.15, 0.2) is 0 Å². The van der Waals surface area contributed by atoms with Crippen molar-refractivity contribution in [1.82, 2.24) is 4.98 Å². The molecule has 0 radical (unpaired) electrons. The third kappa shape index (κ3) is 3.34. The van der Waals surface area contributed by atoms with Crippen LogP contribution in [-0.4, -0.2) is 29.5 Å². The van der Waals surface area contributed by atoms with Crippen LogP contribution in [-0.2, 0) is 9.53 Å². The molecule has 0 aliphatic rings. The fraction of sp³-hybridized carbons (Fsp3) is 0.333. The number of carbonyl (C=O) groups excluding carboxylic acids is 1. The van der Waals surface area contributed by atoms with Crippen LogP contribution in [0.15, 0.2) is 12.3 Å². The van der Waals surface area contributed by atoms with Gasteiger partial charge in [-0.1, -0.05) is 0 Å². The number of pyridine rings is 1. The van der Waals surface area contributed by atoms with Gasteiger partial charge in [-0.25, -0.2) is 13.8 Å². The summed E-state index contributed by atoms with van der Waals surface area (Å²) in [5.74, 6) is -0.932. The number of hydrogen-bond acceptors (Lipinski definition) is 6. The van der Waals surface area contributed by atoms with Crippen LogP contribution in [0, 0.1) is 10.1 Å². The fourth-order valence-electron chi connectivity index (χ4n) is 1.09. The molecule has 1 rings (SSSR count). The zero-order valence-electron chi connectivity index (χ0n) is 9.22. The highest BCUT2D eigenvalue weighted by Gasteiger charge is 2.20. The summed E-state index contributed by atoms with van der Waals surface area (Å²) in [6.07, 6.45) is -2.05. The van der Waals surface area contributed by atoms with Crippen molar-refractivity contribution in [2.24, 2.45) is 0 Å². The summed E-state index contributed by atoms with van der Waals surface area (Å²) in [7, 11) is 1.14. The monoisotopic (exact) mass is 261 g/mol. The highest BCUT2D eigenvalue weighted by Crippen LogP contribution is 2.27. The van der Waals surface area contributed by atoms with Gasteiger partial charge < -0.3 is 10.1 Å². The van der Waals surface area contributed by atoms with Crippen LogP contribution in [0.1, 0.15) is 12.0 Å². The Kier molecular flexibility index (Phi) is 4.46. The van der Waals surface area contributed by atoms with Gasteiger partial charge in [0, 0.05) is 17.8 Å². The van der Waals surface area contributed by atoms with Gasteiger partial charge in [0.05, 0.1) is 12.0 Å². The topological polar surface area (TPSA) is 94.4 Å². The molecule has 0 spiro atoms. The summed E-state index contributed by atoms with van der Waals surface area (Å²) in [5, 5.41) is 13.0. The van der Waals surface area contributed by atoms with Crippen molar-refractivity contribution in [2.45, 2.75) is 6.43 Å². The van der Waals surface area contributed by atoms with Crippen LogP contribution < -0.4 is 5.32 Å². The Hall–Kier alpha value is -2.32. The quantitative estimate of drug-likeness (QED) is 0.490. The molecular weight excluding hydrogens is 252 g/mol. The third-order valence-electron chi connectivity index (χ3n) is 1.97. The number of nitrogens with zero attached hydrogens (tertiary/aromatic N) is 2. The predicted molar refractivity (Wildman–Crippen MR) is 56.4 cm³/mol. The number of esters is 1. The summed E-state index contributed by atoms with van der Waals surface area (Å²) in [4.78, 5) is 24.1. The van der Waals surface area contributed by atoms with E-state index in [2.05, 4.69) is 15.0 Å². The molecular formula is C9H9F2N3O4. The minimum absolute atomic E-state index is 0.269. The number of carbonyl (C=O) groups is 1. The van der Waals surface area contributed by atoms with Crippen LogP contribution in [0.25, 0.3) is 0 Å². The largest absolute Gasteiger partial charge is 0.468 e. The predicted octanol–water partition coefficient (Wildman–Crippen LogP) is 1.51. The van der Waals surface area contributed by atoms with Gasteiger partial charge in [0.25, 0.3) is 6.43 Å². The number of hydrogen-bond donors (Lipinski definition) is 1. The maximum atomic E-state index is 12.4. The molecule has 1 heterocycles. The lowest BCUT2D eigenvalue weighted by molar-refractivity contribution is -0.384. The van der Waals surface area contributed by atoms with Gasteiger partial charge in [0.1, 0.15) is 6.54 Å². The summed E-state index contributed by atoms with van der Waals surface area (Å²) in [6.45, 7) is -0.349. The van der Waals surface area contributed by atoms with E-state index in [0.717, 1.165) is 13.3 Å². The van der Waals surface area contributed by atoms with E-state index in [1.165, 1.54) is 0 Å². The van der Waals surface area contributed by atoms with E-state index in [-0.39, 0.29) is 12.4 Å². The number of alkyl halides is 2. The molecule has 18 heavy (non-hydrogen) atoms.